The Morgan fingerprint density at radius 1 is 1.08 bits per heavy atom. The molecule has 4 rings (SSSR count). The maximum Gasteiger partial charge on any atom is 0.267 e. The summed E-state index contributed by atoms with van der Waals surface area (Å²) in [5, 5.41) is 2.73. The van der Waals surface area contributed by atoms with Crippen LogP contribution in [-0.4, -0.2) is 57.6 Å². The zero-order valence-electron chi connectivity index (χ0n) is 20.6. The van der Waals surface area contributed by atoms with Crippen molar-refractivity contribution in [3.8, 4) is 5.88 Å². The summed E-state index contributed by atoms with van der Waals surface area (Å²) in [7, 11) is -2.70. The topological polar surface area (TPSA) is 110 Å². The minimum atomic E-state index is -4.05. The van der Waals surface area contributed by atoms with Crippen molar-refractivity contribution in [2.75, 3.05) is 43.5 Å². The largest absolute Gasteiger partial charge is 0.480 e. The van der Waals surface area contributed by atoms with Gasteiger partial charge in [0.25, 0.3) is 15.9 Å². The van der Waals surface area contributed by atoms with E-state index >= 15 is 0 Å². The number of hydrogen-bond donors (Lipinski definition) is 2. The van der Waals surface area contributed by atoms with Crippen LogP contribution in [0.1, 0.15) is 27.0 Å². The second kappa shape index (κ2) is 11.1. The zero-order valence-corrected chi connectivity index (χ0v) is 21.4. The number of aryl methyl sites for hydroxylation is 2. The van der Waals surface area contributed by atoms with E-state index in [9.17, 15) is 13.2 Å². The van der Waals surface area contributed by atoms with E-state index < -0.39 is 10.0 Å². The molecule has 0 radical (unpaired) electrons. The van der Waals surface area contributed by atoms with Gasteiger partial charge < -0.3 is 14.8 Å². The van der Waals surface area contributed by atoms with Gasteiger partial charge in [0, 0.05) is 25.2 Å². The van der Waals surface area contributed by atoms with E-state index in [-0.39, 0.29) is 22.4 Å². The molecule has 0 bridgehead atoms. The molecule has 0 aliphatic carbocycles. The van der Waals surface area contributed by atoms with Crippen LogP contribution in [0.4, 0.5) is 11.4 Å². The van der Waals surface area contributed by atoms with Gasteiger partial charge in [-0.2, -0.15) is 0 Å². The minimum Gasteiger partial charge on any atom is -0.480 e. The van der Waals surface area contributed by atoms with Crippen LogP contribution in [0.5, 0.6) is 5.88 Å². The lowest BCUT2D eigenvalue weighted by Crippen LogP contribution is -2.35. The standard InChI is InChI=1S/C26H30N4O5S/c1-18-5-4-6-19(2)24(18)29-36(32,33)23-15-22(16-27-26(23)34-3)28-25(31)21-9-7-20(8-10-21)17-30-11-13-35-14-12-30/h4-10,15-16,29H,11-14,17H2,1-3H3,(H,28,31). The van der Waals surface area contributed by atoms with Crippen molar-refractivity contribution in [3.05, 3.63) is 77.0 Å². The van der Waals surface area contributed by atoms with Crippen LogP contribution < -0.4 is 14.8 Å². The number of morpholine rings is 1. The molecule has 3 aromatic rings. The van der Waals surface area contributed by atoms with Crippen LogP contribution >= 0.6 is 0 Å². The maximum absolute atomic E-state index is 13.2. The minimum absolute atomic E-state index is 0.0702. The highest BCUT2D eigenvalue weighted by Gasteiger charge is 2.23. The fraction of sp³-hybridized carbons (Fsp3) is 0.308. The summed E-state index contributed by atoms with van der Waals surface area (Å²) < 4.78 is 39.7. The Labute approximate surface area is 211 Å². The highest BCUT2D eigenvalue weighted by Crippen LogP contribution is 2.29. The van der Waals surface area contributed by atoms with Gasteiger partial charge >= 0.3 is 0 Å². The molecule has 190 valence electrons. The SMILES string of the molecule is COc1ncc(NC(=O)c2ccc(CN3CCOCC3)cc2)cc1S(=O)(=O)Nc1c(C)cccc1C. The highest BCUT2D eigenvalue weighted by molar-refractivity contribution is 7.92. The third-order valence-electron chi connectivity index (χ3n) is 6.00. The molecule has 2 heterocycles. The fourth-order valence-corrected chi connectivity index (χ4v) is 5.34. The predicted octanol–water partition coefficient (Wildman–Crippen LogP) is 3.59. The Hall–Kier alpha value is -3.47. The smallest absolute Gasteiger partial charge is 0.267 e. The lowest BCUT2D eigenvalue weighted by atomic mass is 10.1. The number of carbonyl (C=O) groups is 1. The molecule has 1 aromatic heterocycles. The van der Waals surface area contributed by atoms with Gasteiger partial charge in [0.15, 0.2) is 4.90 Å². The lowest BCUT2D eigenvalue weighted by molar-refractivity contribution is 0.0342. The van der Waals surface area contributed by atoms with Crippen LogP contribution in [-0.2, 0) is 21.3 Å². The van der Waals surface area contributed by atoms with E-state index in [0.717, 1.165) is 49.5 Å². The van der Waals surface area contributed by atoms with E-state index in [1.165, 1.54) is 19.4 Å². The number of nitrogens with one attached hydrogen (secondary N) is 2. The van der Waals surface area contributed by atoms with E-state index in [2.05, 4.69) is 19.9 Å². The molecule has 1 amide bonds. The van der Waals surface area contributed by atoms with Crippen molar-refractivity contribution >= 4 is 27.3 Å². The fourth-order valence-electron chi connectivity index (χ4n) is 3.99. The van der Waals surface area contributed by atoms with Gasteiger partial charge in [-0.1, -0.05) is 30.3 Å². The summed E-state index contributed by atoms with van der Waals surface area (Å²) >= 11 is 0. The molecule has 1 fully saturated rings. The van der Waals surface area contributed by atoms with Gasteiger partial charge in [0.05, 0.1) is 37.9 Å². The number of amides is 1. The van der Waals surface area contributed by atoms with Crippen LogP contribution in [0.25, 0.3) is 0 Å². The Morgan fingerprint density at radius 2 is 1.75 bits per heavy atom. The average Bonchev–Trinajstić information content (AvgIpc) is 2.87. The molecular formula is C26H30N4O5S. The molecule has 1 aliphatic rings. The van der Waals surface area contributed by atoms with Gasteiger partial charge in [-0.15, -0.1) is 0 Å². The zero-order chi connectivity index (χ0) is 25.7. The van der Waals surface area contributed by atoms with E-state index in [4.69, 9.17) is 9.47 Å². The van der Waals surface area contributed by atoms with Gasteiger partial charge in [0.2, 0.25) is 5.88 Å². The first-order valence-electron chi connectivity index (χ1n) is 11.6. The molecule has 1 aliphatic heterocycles. The predicted molar refractivity (Wildman–Crippen MR) is 138 cm³/mol. The third-order valence-corrected chi connectivity index (χ3v) is 7.35. The number of sulfonamides is 1. The van der Waals surface area contributed by atoms with E-state index in [1.54, 1.807) is 12.1 Å². The van der Waals surface area contributed by atoms with E-state index in [0.29, 0.717) is 11.3 Å². The summed E-state index contributed by atoms with van der Waals surface area (Å²) in [6, 6.07) is 14.2. The van der Waals surface area contributed by atoms with Crippen molar-refractivity contribution in [3.63, 3.8) is 0 Å². The number of benzene rings is 2. The molecule has 0 spiro atoms. The maximum atomic E-state index is 13.2. The van der Waals surface area contributed by atoms with Crippen molar-refractivity contribution in [1.82, 2.24) is 9.88 Å². The Morgan fingerprint density at radius 3 is 2.39 bits per heavy atom. The molecule has 1 saturated heterocycles. The van der Waals surface area contributed by atoms with Crippen molar-refractivity contribution in [1.29, 1.82) is 0 Å². The molecule has 0 unspecified atom stereocenters. The first-order chi connectivity index (χ1) is 17.3. The number of anilines is 2. The van der Waals surface area contributed by atoms with Crippen LogP contribution in [0.2, 0.25) is 0 Å². The Bertz CT molecular complexity index is 1320. The van der Waals surface area contributed by atoms with Crippen molar-refractivity contribution < 1.29 is 22.7 Å². The van der Waals surface area contributed by atoms with Crippen LogP contribution in [0.15, 0.2) is 59.6 Å². The number of hydrogen-bond acceptors (Lipinski definition) is 7. The number of aromatic nitrogens is 1. The first-order valence-corrected chi connectivity index (χ1v) is 13.1. The number of para-hydroxylation sites is 1. The number of ether oxygens (including phenoxy) is 2. The molecule has 0 saturated carbocycles. The summed E-state index contributed by atoms with van der Waals surface area (Å²) in [6.45, 7) is 7.67. The van der Waals surface area contributed by atoms with Crippen LogP contribution in [0.3, 0.4) is 0 Å². The number of rotatable bonds is 8. The number of pyridine rings is 1. The molecule has 0 atom stereocenters. The first kappa shape index (κ1) is 25.6. The van der Waals surface area contributed by atoms with Gasteiger partial charge in [0.1, 0.15) is 0 Å². The van der Waals surface area contributed by atoms with Gasteiger partial charge in [-0.05, 0) is 48.7 Å². The number of carbonyl (C=O) groups excluding carboxylic acids is 1. The normalized spacial score (nSPS) is 14.3. The monoisotopic (exact) mass is 510 g/mol. The molecule has 10 heteroatoms. The molecule has 36 heavy (non-hydrogen) atoms. The van der Waals surface area contributed by atoms with Gasteiger partial charge in [-0.25, -0.2) is 13.4 Å². The Kier molecular flexibility index (Phi) is 7.88. The lowest BCUT2D eigenvalue weighted by Gasteiger charge is -2.26. The van der Waals surface area contributed by atoms with Crippen LogP contribution in [0, 0.1) is 13.8 Å². The van der Waals surface area contributed by atoms with Crippen molar-refractivity contribution in [2.45, 2.75) is 25.3 Å². The van der Waals surface area contributed by atoms with Crippen molar-refractivity contribution in [2.24, 2.45) is 0 Å². The number of methoxy groups -OCH3 is 1. The molecule has 2 aromatic carbocycles. The quantitative estimate of drug-likeness (QED) is 0.477. The molecule has 2 N–H and O–H groups in total. The summed E-state index contributed by atoms with van der Waals surface area (Å²) in [6.07, 6.45) is 1.36. The second-order valence-electron chi connectivity index (χ2n) is 8.64. The molecular weight excluding hydrogens is 480 g/mol. The number of nitrogens with zero attached hydrogens (tertiary/aromatic N) is 2. The summed E-state index contributed by atoms with van der Waals surface area (Å²) in [5.74, 6) is -0.440. The molecule has 9 nitrogen and oxygen atoms in total. The average molecular weight is 511 g/mol. The van der Waals surface area contributed by atoms with Gasteiger partial charge in [-0.3, -0.25) is 14.4 Å². The third kappa shape index (κ3) is 6.01. The summed E-state index contributed by atoms with van der Waals surface area (Å²) in [5.41, 5.74) is 3.85. The highest BCUT2D eigenvalue weighted by atomic mass is 32.2. The van der Waals surface area contributed by atoms with E-state index in [1.807, 2.05) is 44.2 Å². The Balaban J connectivity index is 1.50. The summed E-state index contributed by atoms with van der Waals surface area (Å²) in [4.78, 5) is 19.1. The second-order valence-corrected chi connectivity index (χ2v) is 10.3.